The molecule has 0 nitrogen and oxygen atoms in total. The van der Waals surface area contributed by atoms with Crippen LogP contribution < -0.4 is 0 Å². The van der Waals surface area contributed by atoms with Gasteiger partial charge in [-0.25, -0.2) is 4.39 Å². The number of fused-ring (bicyclic) bond motifs is 3. The van der Waals surface area contributed by atoms with E-state index in [1.165, 1.54) is 5.39 Å². The van der Waals surface area contributed by atoms with E-state index >= 15 is 4.39 Å². The van der Waals surface area contributed by atoms with Crippen LogP contribution in [-0.2, 0) is 0 Å². The Morgan fingerprint density at radius 3 is 1.61 bits per heavy atom. The van der Waals surface area contributed by atoms with Crippen LogP contribution in [0.25, 0.3) is 54.6 Å². The van der Waals surface area contributed by atoms with Crippen molar-refractivity contribution in [2.75, 3.05) is 0 Å². The molecule has 0 N–H and O–H groups in total. The van der Waals surface area contributed by atoms with Crippen LogP contribution in [0.5, 0.6) is 0 Å². The van der Waals surface area contributed by atoms with Gasteiger partial charge in [-0.15, -0.1) is 0 Å². The molecule has 0 bridgehead atoms. The molecule has 0 unspecified atom stereocenters. The molecule has 6 aromatic rings. The fourth-order valence-corrected chi connectivity index (χ4v) is 4.58. The molecule has 0 saturated heterocycles. The Kier molecular flexibility index (Phi) is 4.07. The van der Waals surface area contributed by atoms with Gasteiger partial charge in [-0.2, -0.15) is 0 Å². The highest BCUT2D eigenvalue weighted by Gasteiger charge is 2.15. The van der Waals surface area contributed by atoms with E-state index in [0.29, 0.717) is 5.56 Å². The lowest BCUT2D eigenvalue weighted by molar-refractivity contribution is 0.633. The molecule has 0 aliphatic heterocycles. The predicted octanol–water partition coefficient (Wildman–Crippen LogP) is 8.62. The normalized spacial score (nSPS) is 11.4. The van der Waals surface area contributed by atoms with Crippen molar-refractivity contribution in [1.82, 2.24) is 0 Å². The predicted molar refractivity (Wildman–Crippen MR) is 130 cm³/mol. The van der Waals surface area contributed by atoms with Gasteiger partial charge >= 0.3 is 0 Å². The second-order valence-corrected chi connectivity index (χ2v) is 7.95. The molecule has 6 aromatic carbocycles. The SMILES string of the molecule is Fc1cc(-c2ccc3ccccc3c2)c2ccccc2c1-c1ccc2ccccc2c1. The lowest BCUT2D eigenvalue weighted by Crippen LogP contribution is -1.91. The summed E-state index contributed by atoms with van der Waals surface area (Å²) in [7, 11) is 0. The summed E-state index contributed by atoms with van der Waals surface area (Å²) < 4.78 is 15.7. The van der Waals surface area contributed by atoms with E-state index in [4.69, 9.17) is 0 Å². The van der Waals surface area contributed by atoms with Crippen LogP contribution in [0.2, 0.25) is 0 Å². The zero-order valence-corrected chi connectivity index (χ0v) is 16.8. The van der Waals surface area contributed by atoms with Gasteiger partial charge in [-0.3, -0.25) is 0 Å². The molecule has 0 aromatic heterocycles. The first-order chi connectivity index (χ1) is 15.3. The summed E-state index contributed by atoms with van der Waals surface area (Å²) in [6, 6.07) is 38.8. The molecule has 0 amide bonds. The van der Waals surface area contributed by atoms with Crippen LogP contribution in [0.1, 0.15) is 0 Å². The van der Waals surface area contributed by atoms with Crippen molar-refractivity contribution in [1.29, 1.82) is 0 Å². The Hall–Kier alpha value is -3.97. The van der Waals surface area contributed by atoms with Crippen LogP contribution in [0.4, 0.5) is 4.39 Å². The van der Waals surface area contributed by atoms with Gasteiger partial charge < -0.3 is 0 Å². The Balaban J connectivity index is 1.62. The molecule has 0 aliphatic carbocycles. The standard InChI is InChI=1S/C30H19F/c31-29-19-28(24-15-13-20-7-1-3-9-22(20)17-24)26-11-5-6-12-27(26)30(29)25-16-14-21-8-2-4-10-23(21)18-25/h1-19H. The van der Waals surface area contributed by atoms with Crippen LogP contribution >= 0.6 is 0 Å². The summed E-state index contributed by atoms with van der Waals surface area (Å²) in [6.45, 7) is 0. The zero-order valence-electron chi connectivity index (χ0n) is 16.8. The Morgan fingerprint density at radius 2 is 0.935 bits per heavy atom. The maximum atomic E-state index is 15.7. The molecule has 1 heteroatoms. The highest BCUT2D eigenvalue weighted by molar-refractivity contribution is 6.07. The smallest absolute Gasteiger partial charge is 0.132 e. The van der Waals surface area contributed by atoms with Gasteiger partial charge in [-0.05, 0) is 67.2 Å². The van der Waals surface area contributed by atoms with Gasteiger partial charge in [0.25, 0.3) is 0 Å². The van der Waals surface area contributed by atoms with Gasteiger partial charge in [0.05, 0.1) is 0 Å². The summed E-state index contributed by atoms with van der Waals surface area (Å²) in [6.07, 6.45) is 0. The van der Waals surface area contributed by atoms with Gasteiger partial charge in [0, 0.05) is 5.56 Å². The van der Waals surface area contributed by atoms with Crippen molar-refractivity contribution >= 4 is 32.3 Å². The molecule has 6 rings (SSSR count). The first-order valence-electron chi connectivity index (χ1n) is 10.5. The van der Waals surface area contributed by atoms with Crippen LogP contribution in [0, 0.1) is 5.82 Å². The molecule has 146 valence electrons. The van der Waals surface area contributed by atoms with Gasteiger partial charge in [-0.1, -0.05) is 97.1 Å². The summed E-state index contributed by atoms with van der Waals surface area (Å²) in [4.78, 5) is 0. The Morgan fingerprint density at radius 1 is 0.419 bits per heavy atom. The molecule has 0 atom stereocenters. The highest BCUT2D eigenvalue weighted by atomic mass is 19.1. The van der Waals surface area contributed by atoms with Crippen LogP contribution in [-0.4, -0.2) is 0 Å². The molecule has 0 spiro atoms. The first kappa shape index (κ1) is 17.9. The topological polar surface area (TPSA) is 0 Å². The summed E-state index contributed by atoms with van der Waals surface area (Å²) >= 11 is 0. The lowest BCUT2D eigenvalue weighted by atomic mass is 9.90. The quantitative estimate of drug-likeness (QED) is 0.274. The average molecular weight is 398 g/mol. The number of rotatable bonds is 2. The summed E-state index contributed by atoms with van der Waals surface area (Å²) in [5.41, 5.74) is 3.51. The molecular formula is C30H19F. The fourth-order valence-electron chi connectivity index (χ4n) is 4.58. The third-order valence-electron chi connectivity index (χ3n) is 6.10. The summed E-state index contributed by atoms with van der Waals surface area (Å²) in [5.74, 6) is -0.197. The minimum atomic E-state index is -0.197. The van der Waals surface area contributed by atoms with E-state index < -0.39 is 0 Å². The Bertz CT molecular complexity index is 1590. The second kappa shape index (κ2) is 7.07. The number of hydrogen-bond acceptors (Lipinski definition) is 0. The Labute approximate surface area is 180 Å². The first-order valence-corrected chi connectivity index (χ1v) is 10.5. The van der Waals surface area contributed by atoms with Crippen molar-refractivity contribution < 1.29 is 4.39 Å². The van der Waals surface area contributed by atoms with Crippen molar-refractivity contribution in [3.8, 4) is 22.3 Å². The number of halogens is 1. The third kappa shape index (κ3) is 2.98. The van der Waals surface area contributed by atoms with Gasteiger partial charge in [0.1, 0.15) is 5.82 Å². The summed E-state index contributed by atoms with van der Waals surface area (Å²) in [5, 5.41) is 6.60. The minimum absolute atomic E-state index is 0.197. The maximum absolute atomic E-state index is 15.7. The molecule has 0 aliphatic rings. The second-order valence-electron chi connectivity index (χ2n) is 7.95. The van der Waals surface area contributed by atoms with E-state index in [2.05, 4.69) is 60.7 Å². The van der Waals surface area contributed by atoms with E-state index in [9.17, 15) is 0 Å². The number of benzene rings is 6. The minimum Gasteiger partial charge on any atom is -0.206 e. The van der Waals surface area contributed by atoms with Crippen LogP contribution in [0.15, 0.2) is 115 Å². The van der Waals surface area contributed by atoms with E-state index in [0.717, 1.165) is 43.6 Å². The molecular weight excluding hydrogens is 379 g/mol. The van der Waals surface area contributed by atoms with Gasteiger partial charge in [0.15, 0.2) is 0 Å². The van der Waals surface area contributed by atoms with Crippen molar-refractivity contribution in [2.45, 2.75) is 0 Å². The zero-order chi connectivity index (χ0) is 20.8. The highest BCUT2D eigenvalue weighted by Crippen LogP contribution is 2.39. The lowest BCUT2D eigenvalue weighted by Gasteiger charge is -2.14. The average Bonchev–Trinajstić information content (AvgIpc) is 2.83. The largest absolute Gasteiger partial charge is 0.206 e. The van der Waals surface area contributed by atoms with Crippen molar-refractivity contribution in [2.24, 2.45) is 0 Å². The molecule has 0 radical (unpaired) electrons. The molecule has 0 saturated carbocycles. The van der Waals surface area contributed by atoms with E-state index in [1.54, 1.807) is 6.07 Å². The van der Waals surface area contributed by atoms with Crippen molar-refractivity contribution in [3.63, 3.8) is 0 Å². The van der Waals surface area contributed by atoms with Crippen LogP contribution in [0.3, 0.4) is 0 Å². The number of hydrogen-bond donors (Lipinski definition) is 0. The fraction of sp³-hybridized carbons (Fsp3) is 0. The third-order valence-corrected chi connectivity index (χ3v) is 6.10. The molecule has 31 heavy (non-hydrogen) atoms. The van der Waals surface area contributed by atoms with Crippen molar-refractivity contribution in [3.05, 3.63) is 121 Å². The molecule has 0 fully saturated rings. The molecule has 0 heterocycles. The van der Waals surface area contributed by atoms with E-state index in [1.807, 2.05) is 48.5 Å². The van der Waals surface area contributed by atoms with Gasteiger partial charge in [0.2, 0.25) is 0 Å². The monoisotopic (exact) mass is 398 g/mol. The van der Waals surface area contributed by atoms with E-state index in [-0.39, 0.29) is 5.82 Å². The maximum Gasteiger partial charge on any atom is 0.132 e.